The molecule has 0 saturated carbocycles. The molecule has 1 N–H and O–H groups in total. The summed E-state index contributed by atoms with van der Waals surface area (Å²) in [6, 6.07) is 8.75. The first-order chi connectivity index (χ1) is 11.3. The van der Waals surface area contributed by atoms with E-state index in [1.807, 2.05) is 6.07 Å². The number of ketones is 1. The largest absolute Gasteiger partial charge is 0.442 e. The van der Waals surface area contributed by atoms with Crippen LogP contribution in [0.4, 0.5) is 0 Å². The molecule has 0 aliphatic carbocycles. The summed E-state index contributed by atoms with van der Waals surface area (Å²) in [6.07, 6.45) is -2.44. The monoisotopic (exact) mass is 354 g/mol. The molecule has 24 heavy (non-hydrogen) atoms. The molecule has 2 aliphatic rings. The minimum atomic E-state index is -1.60. The average molecular weight is 354 g/mol. The first kappa shape index (κ1) is 17.2. The molecule has 0 unspecified atom stereocenters. The number of ether oxygens (including phenoxy) is 5. The summed E-state index contributed by atoms with van der Waals surface area (Å²) in [5.41, 5.74) is 0. The van der Waals surface area contributed by atoms with E-state index in [1.54, 1.807) is 38.1 Å². The van der Waals surface area contributed by atoms with Gasteiger partial charge in [-0.3, -0.25) is 4.79 Å². The van der Waals surface area contributed by atoms with Gasteiger partial charge in [0.25, 0.3) is 5.79 Å². The van der Waals surface area contributed by atoms with Crippen LogP contribution in [0.1, 0.15) is 13.8 Å². The number of thiocarbonyl (C=S) groups is 1. The standard InChI is InChI=1S/C16H18O7S/c1-15(2)20-9-16(23-15)13(18)12(11(17)8-19-16)22-14(24)21-10-6-4-3-5-7-10/h3-7,11-12,17H,8-9H2,1-2H3/t11-,12-,16+/m1/s1. The van der Waals surface area contributed by atoms with Crippen molar-refractivity contribution in [2.45, 2.75) is 37.6 Å². The molecule has 1 aromatic rings. The lowest BCUT2D eigenvalue weighted by atomic mass is 9.99. The van der Waals surface area contributed by atoms with Gasteiger partial charge < -0.3 is 28.8 Å². The molecule has 0 aromatic heterocycles. The van der Waals surface area contributed by atoms with Crippen molar-refractivity contribution in [3.05, 3.63) is 30.3 Å². The quantitative estimate of drug-likeness (QED) is 0.793. The number of carbonyl (C=O) groups is 1. The summed E-state index contributed by atoms with van der Waals surface area (Å²) < 4.78 is 27.1. The zero-order valence-electron chi connectivity index (χ0n) is 13.3. The fourth-order valence-electron chi connectivity index (χ4n) is 2.53. The average Bonchev–Trinajstić information content (AvgIpc) is 2.85. The van der Waals surface area contributed by atoms with Crippen LogP contribution in [0.5, 0.6) is 5.75 Å². The minimum absolute atomic E-state index is 0.0856. The van der Waals surface area contributed by atoms with Gasteiger partial charge in [0, 0.05) is 12.2 Å². The zero-order valence-corrected chi connectivity index (χ0v) is 14.1. The summed E-state index contributed by atoms with van der Waals surface area (Å²) in [6.45, 7) is 3.10. The Hall–Kier alpha value is -1.58. The van der Waals surface area contributed by atoms with Gasteiger partial charge in [0.05, 0.1) is 6.61 Å². The number of carbonyl (C=O) groups excluding carboxylic acids is 1. The highest BCUT2D eigenvalue weighted by Gasteiger charge is 2.59. The van der Waals surface area contributed by atoms with Gasteiger partial charge in [0.2, 0.25) is 5.78 Å². The maximum Gasteiger partial charge on any atom is 0.358 e. The fourth-order valence-corrected chi connectivity index (χ4v) is 2.73. The zero-order chi connectivity index (χ0) is 17.4. The van der Waals surface area contributed by atoms with Gasteiger partial charge in [0.1, 0.15) is 18.5 Å². The Labute approximate surface area is 144 Å². The Bertz CT molecular complexity index is 633. The van der Waals surface area contributed by atoms with Crippen LogP contribution in [-0.2, 0) is 23.7 Å². The van der Waals surface area contributed by atoms with Crippen molar-refractivity contribution in [1.82, 2.24) is 0 Å². The predicted octanol–water partition coefficient (Wildman–Crippen LogP) is 1.17. The molecular weight excluding hydrogens is 336 g/mol. The number of para-hydroxylation sites is 1. The van der Waals surface area contributed by atoms with Crippen LogP contribution in [0.15, 0.2) is 30.3 Å². The summed E-state index contributed by atoms with van der Waals surface area (Å²) in [5.74, 6) is -2.70. The van der Waals surface area contributed by atoms with E-state index in [9.17, 15) is 9.90 Å². The summed E-state index contributed by atoms with van der Waals surface area (Å²) in [7, 11) is 0. The molecule has 3 rings (SSSR count). The number of aliphatic hydroxyl groups is 1. The predicted molar refractivity (Wildman–Crippen MR) is 85.4 cm³/mol. The SMILES string of the molecule is CC1(C)OC[C@]2(OC[C@@H](O)[C@@H](OC(=S)Oc3ccccc3)C2=O)O1. The fraction of sp³-hybridized carbons (Fsp3) is 0.500. The van der Waals surface area contributed by atoms with E-state index in [2.05, 4.69) is 0 Å². The summed E-state index contributed by atoms with van der Waals surface area (Å²) in [5, 5.41) is 9.78. The Morgan fingerprint density at radius 3 is 2.62 bits per heavy atom. The highest BCUT2D eigenvalue weighted by Crippen LogP contribution is 2.36. The second-order valence-corrected chi connectivity index (χ2v) is 6.32. The molecule has 2 saturated heterocycles. The van der Waals surface area contributed by atoms with E-state index < -0.39 is 29.6 Å². The molecule has 1 spiro atoms. The molecule has 0 bridgehead atoms. The lowest BCUT2D eigenvalue weighted by Crippen LogP contribution is -2.61. The molecule has 8 heteroatoms. The Morgan fingerprint density at radius 1 is 1.29 bits per heavy atom. The van der Waals surface area contributed by atoms with Crippen LogP contribution in [0.2, 0.25) is 0 Å². The molecule has 3 atom stereocenters. The van der Waals surface area contributed by atoms with Gasteiger partial charge >= 0.3 is 5.24 Å². The van der Waals surface area contributed by atoms with Crippen LogP contribution < -0.4 is 4.74 Å². The topological polar surface area (TPSA) is 83.5 Å². The Kier molecular flexibility index (Phi) is 4.58. The lowest BCUT2D eigenvalue weighted by Gasteiger charge is -2.37. The van der Waals surface area contributed by atoms with E-state index in [-0.39, 0.29) is 18.5 Å². The summed E-state index contributed by atoms with van der Waals surface area (Å²) >= 11 is 5.01. The third-order valence-electron chi connectivity index (χ3n) is 3.66. The molecule has 0 radical (unpaired) electrons. The molecule has 2 heterocycles. The van der Waals surface area contributed by atoms with Gasteiger partial charge in [-0.1, -0.05) is 18.2 Å². The number of hydrogen-bond acceptors (Lipinski definition) is 8. The molecular formula is C16H18O7S. The first-order valence-electron chi connectivity index (χ1n) is 7.45. The van der Waals surface area contributed by atoms with Crippen LogP contribution >= 0.6 is 12.2 Å². The lowest BCUT2D eigenvalue weighted by molar-refractivity contribution is -0.270. The second kappa shape index (κ2) is 6.38. The number of aliphatic hydroxyl groups excluding tert-OH is 1. The Balaban J connectivity index is 1.70. The third kappa shape index (κ3) is 3.42. The van der Waals surface area contributed by atoms with Gasteiger partial charge in [-0.15, -0.1) is 0 Å². The maximum absolute atomic E-state index is 12.7. The summed E-state index contributed by atoms with van der Waals surface area (Å²) in [4.78, 5) is 12.7. The molecule has 130 valence electrons. The first-order valence-corrected chi connectivity index (χ1v) is 7.86. The van der Waals surface area contributed by atoms with Crippen molar-refractivity contribution in [2.24, 2.45) is 0 Å². The molecule has 7 nitrogen and oxygen atoms in total. The third-order valence-corrected chi connectivity index (χ3v) is 3.84. The smallest absolute Gasteiger partial charge is 0.358 e. The molecule has 2 fully saturated rings. The van der Waals surface area contributed by atoms with Crippen molar-refractivity contribution in [1.29, 1.82) is 0 Å². The van der Waals surface area contributed by atoms with Crippen molar-refractivity contribution in [3.63, 3.8) is 0 Å². The number of hydrogen-bond donors (Lipinski definition) is 1. The van der Waals surface area contributed by atoms with E-state index in [0.29, 0.717) is 5.75 Å². The van der Waals surface area contributed by atoms with Crippen LogP contribution in [-0.4, -0.2) is 53.1 Å². The second-order valence-electron chi connectivity index (χ2n) is 5.99. The number of benzene rings is 1. The van der Waals surface area contributed by atoms with Gasteiger partial charge in [-0.25, -0.2) is 0 Å². The van der Waals surface area contributed by atoms with E-state index in [4.69, 9.17) is 35.9 Å². The van der Waals surface area contributed by atoms with Crippen LogP contribution in [0.25, 0.3) is 0 Å². The van der Waals surface area contributed by atoms with Crippen molar-refractivity contribution >= 4 is 23.2 Å². The highest BCUT2D eigenvalue weighted by molar-refractivity contribution is 7.79. The maximum atomic E-state index is 12.7. The van der Waals surface area contributed by atoms with Crippen LogP contribution in [0, 0.1) is 0 Å². The van der Waals surface area contributed by atoms with Crippen molar-refractivity contribution in [2.75, 3.05) is 13.2 Å². The Morgan fingerprint density at radius 2 is 2.00 bits per heavy atom. The van der Waals surface area contributed by atoms with Crippen molar-refractivity contribution < 1.29 is 33.6 Å². The molecule has 2 aliphatic heterocycles. The van der Waals surface area contributed by atoms with E-state index in [0.717, 1.165) is 0 Å². The van der Waals surface area contributed by atoms with Crippen LogP contribution in [0.3, 0.4) is 0 Å². The normalized spacial score (nSPS) is 31.9. The number of Topliss-reactive ketones (excluding diaryl/α,β-unsaturated/α-hetero) is 1. The van der Waals surface area contributed by atoms with E-state index >= 15 is 0 Å². The van der Waals surface area contributed by atoms with Gasteiger partial charge in [0.15, 0.2) is 11.9 Å². The molecule has 1 aromatic carbocycles. The van der Waals surface area contributed by atoms with Crippen molar-refractivity contribution in [3.8, 4) is 5.75 Å². The minimum Gasteiger partial charge on any atom is -0.442 e. The highest BCUT2D eigenvalue weighted by atomic mass is 32.1. The number of rotatable bonds is 2. The van der Waals surface area contributed by atoms with Gasteiger partial charge in [-0.05, 0) is 26.0 Å². The molecule has 0 amide bonds. The van der Waals surface area contributed by atoms with E-state index in [1.165, 1.54) is 0 Å². The van der Waals surface area contributed by atoms with Gasteiger partial charge in [-0.2, -0.15) is 0 Å².